The lowest BCUT2D eigenvalue weighted by Gasteiger charge is -2.24. The number of hydrogen-bond acceptors (Lipinski definition) is 4. The van der Waals surface area contributed by atoms with Crippen molar-refractivity contribution in [2.45, 2.75) is 70.9 Å². The normalized spacial score (nSPS) is 17.9. The predicted octanol–water partition coefficient (Wildman–Crippen LogP) is 2.50. The van der Waals surface area contributed by atoms with E-state index in [9.17, 15) is 14.4 Å². The molecule has 1 amide bonds. The zero-order valence-electron chi connectivity index (χ0n) is 13.0. The van der Waals surface area contributed by atoms with Crippen molar-refractivity contribution in [3.05, 3.63) is 0 Å². The molecule has 0 saturated heterocycles. The first-order valence-corrected chi connectivity index (χ1v) is 7.44. The Morgan fingerprint density at radius 2 is 1.76 bits per heavy atom. The highest BCUT2D eigenvalue weighted by molar-refractivity contribution is 5.89. The van der Waals surface area contributed by atoms with Crippen molar-refractivity contribution in [3.8, 4) is 0 Å². The molecular weight excluding hydrogens is 274 g/mol. The maximum atomic E-state index is 12.1. The highest BCUT2D eigenvalue weighted by Gasteiger charge is 2.29. The first-order chi connectivity index (χ1) is 9.69. The van der Waals surface area contributed by atoms with Gasteiger partial charge in [0.15, 0.2) is 0 Å². The van der Waals surface area contributed by atoms with Crippen LogP contribution in [0.5, 0.6) is 0 Å². The predicted molar refractivity (Wildman–Crippen MR) is 77.0 cm³/mol. The topological polar surface area (TPSA) is 92.7 Å². The minimum absolute atomic E-state index is 0.0685. The molecule has 21 heavy (non-hydrogen) atoms. The van der Waals surface area contributed by atoms with E-state index in [-0.39, 0.29) is 18.1 Å². The number of rotatable bonds is 5. The van der Waals surface area contributed by atoms with Gasteiger partial charge >= 0.3 is 12.1 Å². The molecule has 0 spiro atoms. The van der Waals surface area contributed by atoms with Crippen molar-refractivity contribution in [1.82, 2.24) is 5.32 Å². The largest absolute Gasteiger partial charge is 0.480 e. The molecule has 1 atom stereocenters. The molecule has 0 bridgehead atoms. The van der Waals surface area contributed by atoms with Crippen LogP contribution in [0.2, 0.25) is 0 Å². The molecule has 0 radical (unpaired) electrons. The minimum atomic E-state index is -1.23. The maximum Gasteiger partial charge on any atom is 0.408 e. The van der Waals surface area contributed by atoms with E-state index in [0.717, 1.165) is 32.1 Å². The zero-order valence-corrected chi connectivity index (χ0v) is 13.0. The number of ether oxygens (including phenoxy) is 1. The van der Waals surface area contributed by atoms with Gasteiger partial charge < -0.3 is 15.2 Å². The Morgan fingerprint density at radius 3 is 2.24 bits per heavy atom. The van der Waals surface area contributed by atoms with E-state index in [1.54, 1.807) is 20.8 Å². The second kappa shape index (κ2) is 7.43. The van der Waals surface area contributed by atoms with Gasteiger partial charge in [-0.15, -0.1) is 0 Å². The third kappa shape index (κ3) is 6.60. The van der Waals surface area contributed by atoms with E-state index in [4.69, 9.17) is 9.84 Å². The summed E-state index contributed by atoms with van der Waals surface area (Å²) in [6.07, 6.45) is 3.78. The third-order valence-electron chi connectivity index (χ3n) is 3.45. The van der Waals surface area contributed by atoms with Crippen molar-refractivity contribution in [3.63, 3.8) is 0 Å². The van der Waals surface area contributed by atoms with Gasteiger partial charge in [0.05, 0.1) is 0 Å². The SMILES string of the molecule is CC(C)(C)OC(=O)NC(CC(=O)C1CCCCC1)C(=O)O. The molecule has 2 N–H and O–H groups in total. The van der Waals surface area contributed by atoms with Gasteiger partial charge in [0, 0.05) is 12.3 Å². The van der Waals surface area contributed by atoms with E-state index < -0.39 is 23.7 Å². The number of ketones is 1. The molecular formula is C15H25NO5. The first kappa shape index (κ1) is 17.5. The Labute approximate surface area is 125 Å². The molecule has 1 unspecified atom stereocenters. The standard InChI is InChI=1S/C15H25NO5/c1-15(2,3)21-14(20)16-11(13(18)19)9-12(17)10-7-5-4-6-8-10/h10-11H,4-9H2,1-3H3,(H,16,20)(H,18,19). The molecule has 6 nitrogen and oxygen atoms in total. The Hall–Kier alpha value is -1.59. The van der Waals surface area contributed by atoms with Crippen LogP contribution in [-0.2, 0) is 14.3 Å². The Bertz CT molecular complexity index is 393. The summed E-state index contributed by atoms with van der Waals surface area (Å²) >= 11 is 0. The second-order valence-corrected chi connectivity index (χ2v) is 6.54. The van der Waals surface area contributed by atoms with Gasteiger partial charge in [0.1, 0.15) is 17.4 Å². The van der Waals surface area contributed by atoms with E-state index >= 15 is 0 Å². The lowest BCUT2D eigenvalue weighted by atomic mass is 9.84. The summed E-state index contributed by atoms with van der Waals surface area (Å²) in [7, 11) is 0. The van der Waals surface area contributed by atoms with E-state index in [0.29, 0.717) is 0 Å². The highest BCUT2D eigenvalue weighted by atomic mass is 16.6. The van der Waals surface area contributed by atoms with E-state index in [1.165, 1.54) is 0 Å². The summed E-state index contributed by atoms with van der Waals surface area (Å²) < 4.78 is 5.02. The number of aliphatic carboxylic acids is 1. The molecule has 120 valence electrons. The van der Waals surface area contributed by atoms with Crippen LogP contribution in [0.3, 0.4) is 0 Å². The summed E-state index contributed by atoms with van der Waals surface area (Å²) in [5, 5.41) is 11.4. The van der Waals surface area contributed by atoms with Crippen LogP contribution in [-0.4, -0.2) is 34.6 Å². The first-order valence-electron chi connectivity index (χ1n) is 7.44. The molecule has 1 saturated carbocycles. The van der Waals surface area contributed by atoms with Crippen molar-refractivity contribution in [2.24, 2.45) is 5.92 Å². The van der Waals surface area contributed by atoms with E-state index in [1.807, 2.05) is 0 Å². The molecule has 6 heteroatoms. The number of hydrogen-bond donors (Lipinski definition) is 2. The van der Waals surface area contributed by atoms with Crippen LogP contribution in [0.4, 0.5) is 4.79 Å². The Kier molecular flexibility index (Phi) is 6.18. The van der Waals surface area contributed by atoms with Gasteiger partial charge in [-0.05, 0) is 33.6 Å². The molecule has 0 aromatic carbocycles. The quantitative estimate of drug-likeness (QED) is 0.813. The number of carboxylic acids is 1. The molecule has 1 rings (SSSR count). The van der Waals surface area contributed by atoms with Crippen LogP contribution >= 0.6 is 0 Å². The molecule has 1 aliphatic rings. The maximum absolute atomic E-state index is 12.1. The third-order valence-corrected chi connectivity index (χ3v) is 3.45. The number of nitrogens with one attached hydrogen (secondary N) is 1. The highest BCUT2D eigenvalue weighted by Crippen LogP contribution is 2.25. The number of carbonyl (C=O) groups is 3. The summed E-state index contributed by atoms with van der Waals surface area (Å²) in [5.74, 6) is -1.37. The number of amides is 1. The van der Waals surface area contributed by atoms with Gasteiger partial charge in [0.25, 0.3) is 0 Å². The van der Waals surface area contributed by atoms with Crippen molar-refractivity contribution >= 4 is 17.8 Å². The van der Waals surface area contributed by atoms with Crippen molar-refractivity contribution in [2.75, 3.05) is 0 Å². The van der Waals surface area contributed by atoms with Crippen LogP contribution in [0, 0.1) is 5.92 Å². The summed E-state index contributed by atoms with van der Waals surface area (Å²) in [4.78, 5) is 34.9. The lowest BCUT2D eigenvalue weighted by Crippen LogP contribution is -2.45. The summed E-state index contributed by atoms with van der Waals surface area (Å²) in [5.41, 5.74) is -0.708. The van der Waals surface area contributed by atoms with E-state index in [2.05, 4.69) is 5.32 Å². The van der Waals surface area contributed by atoms with Crippen LogP contribution in [0.25, 0.3) is 0 Å². The van der Waals surface area contributed by atoms with Crippen molar-refractivity contribution in [1.29, 1.82) is 0 Å². The van der Waals surface area contributed by atoms with Crippen molar-refractivity contribution < 1.29 is 24.2 Å². The molecule has 0 aliphatic heterocycles. The molecule has 0 aromatic rings. The second-order valence-electron chi connectivity index (χ2n) is 6.54. The van der Waals surface area contributed by atoms with Gasteiger partial charge in [-0.3, -0.25) is 4.79 Å². The fourth-order valence-corrected chi connectivity index (χ4v) is 2.44. The summed E-state index contributed by atoms with van der Waals surface area (Å²) in [6, 6.07) is -1.23. The number of carbonyl (C=O) groups excluding carboxylic acids is 2. The fraction of sp³-hybridized carbons (Fsp3) is 0.800. The number of alkyl carbamates (subject to hydrolysis) is 1. The Balaban J connectivity index is 2.55. The average molecular weight is 299 g/mol. The molecule has 1 aliphatic carbocycles. The number of carboxylic acid groups (broad SMARTS) is 1. The monoisotopic (exact) mass is 299 g/mol. The summed E-state index contributed by atoms with van der Waals surface area (Å²) in [6.45, 7) is 5.07. The Morgan fingerprint density at radius 1 is 1.19 bits per heavy atom. The van der Waals surface area contributed by atoms with Crippen LogP contribution < -0.4 is 5.32 Å². The smallest absolute Gasteiger partial charge is 0.408 e. The van der Waals surface area contributed by atoms with Crippen LogP contribution in [0.1, 0.15) is 59.3 Å². The lowest BCUT2D eigenvalue weighted by molar-refractivity contribution is -0.141. The fourth-order valence-electron chi connectivity index (χ4n) is 2.44. The number of Topliss-reactive ketones (excluding diaryl/α,β-unsaturated/α-hetero) is 1. The van der Waals surface area contributed by atoms with Gasteiger partial charge in [0.2, 0.25) is 0 Å². The van der Waals surface area contributed by atoms with Gasteiger partial charge in [-0.1, -0.05) is 19.3 Å². The molecule has 0 heterocycles. The minimum Gasteiger partial charge on any atom is -0.480 e. The molecule has 1 fully saturated rings. The van der Waals surface area contributed by atoms with Gasteiger partial charge in [-0.25, -0.2) is 9.59 Å². The zero-order chi connectivity index (χ0) is 16.0. The molecule has 0 aromatic heterocycles. The van der Waals surface area contributed by atoms with Crippen LogP contribution in [0.15, 0.2) is 0 Å². The average Bonchev–Trinajstić information content (AvgIpc) is 2.36. The van der Waals surface area contributed by atoms with Gasteiger partial charge in [-0.2, -0.15) is 0 Å².